The zero-order valence-electron chi connectivity index (χ0n) is 16.1. The van der Waals surface area contributed by atoms with Gasteiger partial charge in [-0.1, -0.05) is 12.2 Å². The molecule has 3 atom stereocenters. The molecule has 2 amide bonds. The van der Waals surface area contributed by atoms with Gasteiger partial charge in [0.05, 0.1) is 29.9 Å². The van der Waals surface area contributed by atoms with Crippen molar-refractivity contribution in [1.82, 2.24) is 9.47 Å². The first-order valence-corrected chi connectivity index (χ1v) is 11.4. The normalized spacial score (nSPS) is 28.8. The number of nitrogens with zero attached hydrogens (tertiary/aromatic N) is 2. The maximum Gasteiger partial charge on any atom is 0.233 e. The second-order valence-corrected chi connectivity index (χ2v) is 10.3. The van der Waals surface area contributed by atoms with Crippen LogP contribution in [0.4, 0.5) is 0 Å². The molecule has 2 aliphatic heterocycles. The number of aromatic nitrogens is 1. The highest BCUT2D eigenvalue weighted by atomic mass is 32.2. The lowest BCUT2D eigenvalue weighted by atomic mass is 9.85. The Hall–Kier alpha value is -2.22. The van der Waals surface area contributed by atoms with Gasteiger partial charge in [-0.2, -0.15) is 0 Å². The summed E-state index contributed by atoms with van der Waals surface area (Å²) in [4.78, 5) is 39.2. The number of carbonyl (C=O) groups excluding carboxylic acids is 3. The molecule has 0 spiro atoms. The van der Waals surface area contributed by atoms with Gasteiger partial charge in [0.1, 0.15) is 0 Å². The molecule has 0 radical (unpaired) electrons. The monoisotopic (exact) mass is 404 g/mol. The second kappa shape index (κ2) is 6.69. The van der Waals surface area contributed by atoms with Crippen LogP contribution in [0.3, 0.4) is 0 Å². The van der Waals surface area contributed by atoms with Crippen molar-refractivity contribution in [3.63, 3.8) is 0 Å². The summed E-state index contributed by atoms with van der Waals surface area (Å²) in [6, 6.07) is 1.57. The van der Waals surface area contributed by atoms with Gasteiger partial charge in [0.15, 0.2) is 15.6 Å². The SMILES string of the molecule is Cc1cc(C(=O)CN2C(=O)[C@H]3CC=CC[C@H]3C2=O)c(C)n1[C@H]1CCS(=O)(=O)C1. The third-order valence-corrected chi connectivity index (χ3v) is 8.01. The summed E-state index contributed by atoms with van der Waals surface area (Å²) in [7, 11) is -3.04. The molecule has 0 aromatic carbocycles. The summed E-state index contributed by atoms with van der Waals surface area (Å²) in [5.74, 6) is -1.26. The molecule has 1 aromatic rings. The second-order valence-electron chi connectivity index (χ2n) is 8.05. The summed E-state index contributed by atoms with van der Waals surface area (Å²) in [5.41, 5.74) is 1.97. The van der Waals surface area contributed by atoms with Crippen LogP contribution in [-0.4, -0.2) is 53.5 Å². The predicted octanol–water partition coefficient (Wildman–Crippen LogP) is 1.60. The number of hydrogen-bond acceptors (Lipinski definition) is 5. The Balaban J connectivity index is 1.56. The van der Waals surface area contributed by atoms with Gasteiger partial charge in [-0.3, -0.25) is 19.3 Å². The van der Waals surface area contributed by atoms with Gasteiger partial charge < -0.3 is 4.57 Å². The van der Waals surface area contributed by atoms with Crippen molar-refractivity contribution in [2.24, 2.45) is 11.8 Å². The van der Waals surface area contributed by atoms with Gasteiger partial charge in [0.25, 0.3) is 0 Å². The molecule has 2 saturated heterocycles. The lowest BCUT2D eigenvalue weighted by molar-refractivity contribution is -0.139. The van der Waals surface area contributed by atoms with E-state index in [1.54, 1.807) is 13.0 Å². The average Bonchev–Trinajstić information content (AvgIpc) is 3.23. The van der Waals surface area contributed by atoms with E-state index in [-0.39, 0.29) is 53.5 Å². The number of rotatable bonds is 4. The van der Waals surface area contributed by atoms with E-state index in [9.17, 15) is 22.8 Å². The van der Waals surface area contributed by atoms with E-state index < -0.39 is 9.84 Å². The largest absolute Gasteiger partial charge is 0.344 e. The van der Waals surface area contributed by atoms with Crippen molar-refractivity contribution in [2.75, 3.05) is 18.1 Å². The first kappa shape index (κ1) is 19.1. The number of amides is 2. The fraction of sp³-hybridized carbons (Fsp3) is 0.550. The predicted molar refractivity (Wildman–Crippen MR) is 103 cm³/mol. The van der Waals surface area contributed by atoms with Crippen LogP contribution in [0.2, 0.25) is 0 Å². The number of fused-ring (bicyclic) bond motifs is 1. The highest BCUT2D eigenvalue weighted by Gasteiger charge is 2.47. The van der Waals surface area contributed by atoms with Crippen molar-refractivity contribution >= 4 is 27.4 Å². The summed E-state index contributed by atoms with van der Waals surface area (Å²) in [5, 5.41) is 0. The molecule has 0 N–H and O–H groups in total. The highest BCUT2D eigenvalue weighted by molar-refractivity contribution is 7.91. The van der Waals surface area contributed by atoms with Crippen molar-refractivity contribution < 1.29 is 22.8 Å². The van der Waals surface area contributed by atoms with E-state index in [0.29, 0.717) is 30.5 Å². The van der Waals surface area contributed by atoms with Crippen LogP contribution in [-0.2, 0) is 19.4 Å². The number of likely N-dealkylation sites (tertiary alicyclic amines) is 1. The fourth-order valence-electron chi connectivity index (χ4n) is 4.85. The number of carbonyl (C=O) groups is 3. The fourth-order valence-corrected chi connectivity index (χ4v) is 6.55. The lowest BCUT2D eigenvalue weighted by Gasteiger charge is -2.17. The Labute approximate surface area is 164 Å². The molecular formula is C20H24N2O5S. The van der Waals surface area contributed by atoms with Crippen LogP contribution in [0.15, 0.2) is 18.2 Å². The number of aryl methyl sites for hydroxylation is 1. The molecule has 0 unspecified atom stereocenters. The molecule has 3 aliphatic rings. The Morgan fingerprint density at radius 3 is 2.25 bits per heavy atom. The number of hydrogen-bond donors (Lipinski definition) is 0. The van der Waals surface area contributed by atoms with E-state index in [1.807, 2.05) is 23.6 Å². The first-order chi connectivity index (χ1) is 13.2. The summed E-state index contributed by atoms with van der Waals surface area (Å²) < 4.78 is 25.6. The maximum absolute atomic E-state index is 12.9. The smallest absolute Gasteiger partial charge is 0.233 e. The molecule has 7 nitrogen and oxygen atoms in total. The molecule has 8 heteroatoms. The Bertz CT molecular complexity index is 978. The Kier molecular flexibility index (Phi) is 4.56. The van der Waals surface area contributed by atoms with E-state index in [2.05, 4.69) is 0 Å². The molecule has 1 aromatic heterocycles. The molecule has 28 heavy (non-hydrogen) atoms. The van der Waals surface area contributed by atoms with E-state index in [0.717, 1.165) is 10.6 Å². The van der Waals surface area contributed by atoms with Crippen LogP contribution in [0, 0.1) is 25.7 Å². The third kappa shape index (κ3) is 3.03. The summed E-state index contributed by atoms with van der Waals surface area (Å²) >= 11 is 0. The zero-order valence-corrected chi connectivity index (χ0v) is 16.9. The van der Waals surface area contributed by atoms with Gasteiger partial charge in [0, 0.05) is 23.0 Å². The molecule has 1 aliphatic carbocycles. The average molecular weight is 404 g/mol. The van der Waals surface area contributed by atoms with Gasteiger partial charge in [0.2, 0.25) is 11.8 Å². The Morgan fingerprint density at radius 1 is 1.11 bits per heavy atom. The van der Waals surface area contributed by atoms with Crippen molar-refractivity contribution in [3.05, 3.63) is 35.2 Å². The molecule has 0 saturated carbocycles. The molecule has 0 bridgehead atoms. The van der Waals surface area contributed by atoms with Crippen molar-refractivity contribution in [1.29, 1.82) is 0 Å². The molecule has 4 rings (SSSR count). The molecule has 2 fully saturated rings. The number of ketones is 1. The maximum atomic E-state index is 12.9. The van der Waals surface area contributed by atoms with Crippen LogP contribution in [0.1, 0.15) is 47.1 Å². The molecule has 150 valence electrons. The van der Waals surface area contributed by atoms with E-state index in [1.165, 1.54) is 0 Å². The van der Waals surface area contributed by atoms with Gasteiger partial charge in [-0.15, -0.1) is 0 Å². The van der Waals surface area contributed by atoms with Crippen LogP contribution >= 0.6 is 0 Å². The van der Waals surface area contributed by atoms with Gasteiger partial charge in [-0.25, -0.2) is 8.42 Å². The van der Waals surface area contributed by atoms with Crippen LogP contribution < -0.4 is 0 Å². The number of allylic oxidation sites excluding steroid dienone is 2. The number of imide groups is 1. The minimum atomic E-state index is -3.04. The van der Waals surface area contributed by atoms with Crippen molar-refractivity contribution in [2.45, 2.75) is 39.2 Å². The quantitative estimate of drug-likeness (QED) is 0.432. The zero-order chi connectivity index (χ0) is 20.2. The summed E-state index contributed by atoms with van der Waals surface area (Å²) in [6.07, 6.45) is 5.46. The van der Waals surface area contributed by atoms with Gasteiger partial charge >= 0.3 is 0 Å². The Morgan fingerprint density at radius 2 is 1.71 bits per heavy atom. The van der Waals surface area contributed by atoms with Gasteiger partial charge in [-0.05, 0) is 39.2 Å². The topological polar surface area (TPSA) is 93.5 Å². The van der Waals surface area contributed by atoms with Crippen molar-refractivity contribution in [3.8, 4) is 0 Å². The minimum absolute atomic E-state index is 0.0798. The summed E-state index contributed by atoms with van der Waals surface area (Å²) in [6.45, 7) is 3.39. The van der Waals surface area contributed by atoms with Crippen LogP contribution in [0.5, 0.6) is 0 Å². The highest BCUT2D eigenvalue weighted by Crippen LogP contribution is 2.35. The molecular weight excluding hydrogens is 380 g/mol. The van der Waals surface area contributed by atoms with Crippen LogP contribution in [0.25, 0.3) is 0 Å². The van der Waals surface area contributed by atoms with E-state index >= 15 is 0 Å². The first-order valence-electron chi connectivity index (χ1n) is 9.62. The third-order valence-electron chi connectivity index (χ3n) is 6.26. The molecule has 3 heterocycles. The van der Waals surface area contributed by atoms with E-state index in [4.69, 9.17) is 0 Å². The standard InChI is InChI=1S/C20H24N2O5S/c1-12-9-17(13(2)22(12)14-7-8-28(26,27)11-14)18(23)10-21-19(24)15-5-3-4-6-16(15)20(21)25/h3-4,9,14-16H,5-8,10-11H2,1-2H3/t14-,15-,16+/m0/s1. The lowest BCUT2D eigenvalue weighted by Crippen LogP contribution is -2.36. The number of Topliss-reactive ketones (excluding diaryl/α,β-unsaturated/α-hetero) is 1. The number of sulfone groups is 1. The minimum Gasteiger partial charge on any atom is -0.344 e.